The van der Waals surface area contributed by atoms with Crippen LogP contribution in [0.5, 0.6) is 0 Å². The molecule has 0 aliphatic carbocycles. The number of aliphatic imine (C=N–C) groups is 1. The average Bonchev–Trinajstić information content (AvgIpc) is 2.34. The lowest BCUT2D eigenvalue weighted by atomic mass is 10.3. The Morgan fingerprint density at radius 2 is 2.45 bits per heavy atom. The topological polar surface area (TPSA) is 79.1 Å². The van der Waals surface area contributed by atoms with E-state index < -0.39 is 0 Å². The van der Waals surface area contributed by atoms with Gasteiger partial charge in [0, 0.05) is 0 Å². The molecule has 0 saturated heterocycles. The van der Waals surface area contributed by atoms with E-state index in [0.717, 1.165) is 11.5 Å². The maximum Gasteiger partial charge on any atom is 0.157 e. The number of rotatable bonds is 0. The van der Waals surface area contributed by atoms with Crippen LogP contribution in [-0.4, -0.2) is 22.0 Å². The summed E-state index contributed by atoms with van der Waals surface area (Å²) in [4.78, 5) is 11.0. The molecule has 2 rings (SSSR count). The molecule has 2 heterocycles. The molecule has 0 saturated carbocycles. The Bertz CT molecular complexity index is 300. The Morgan fingerprint density at radius 1 is 1.64 bits per heavy atom. The molecule has 5 heteroatoms. The molecule has 0 spiro atoms. The summed E-state index contributed by atoms with van der Waals surface area (Å²) in [5.41, 5.74) is 6.40. The molecule has 1 aliphatic rings. The first-order valence-electron chi connectivity index (χ1n) is 3.41. The molecule has 1 aromatic rings. The molecule has 0 amide bonds. The molecule has 1 unspecified atom stereocenters. The lowest BCUT2D eigenvalue weighted by Crippen LogP contribution is -2.27. The molecular formula is C6H9N5. The highest BCUT2D eigenvalue weighted by Crippen LogP contribution is 2.15. The van der Waals surface area contributed by atoms with Gasteiger partial charge in [-0.2, -0.15) is 0 Å². The van der Waals surface area contributed by atoms with E-state index in [1.807, 2.05) is 6.92 Å². The van der Waals surface area contributed by atoms with Crippen molar-refractivity contribution < 1.29 is 0 Å². The highest BCUT2D eigenvalue weighted by molar-refractivity contribution is 6.01. The predicted octanol–water partition coefficient (Wildman–Crippen LogP) is -0.114. The minimum atomic E-state index is 0.0193. The van der Waals surface area contributed by atoms with Crippen LogP contribution in [0.25, 0.3) is 0 Å². The second-order valence-corrected chi connectivity index (χ2v) is 2.46. The average molecular weight is 151 g/mol. The second-order valence-electron chi connectivity index (χ2n) is 2.46. The third-order valence-electron chi connectivity index (χ3n) is 1.57. The fraction of sp³-hybridized carbons (Fsp3) is 0.333. The van der Waals surface area contributed by atoms with Gasteiger partial charge in [-0.3, -0.25) is 0 Å². The first-order valence-corrected chi connectivity index (χ1v) is 3.41. The number of hydrogen-bond acceptors (Lipinski definition) is 4. The Labute approximate surface area is 63.7 Å². The van der Waals surface area contributed by atoms with Gasteiger partial charge in [0.1, 0.15) is 17.7 Å². The number of aromatic nitrogens is 2. The van der Waals surface area contributed by atoms with Gasteiger partial charge in [-0.05, 0) is 6.92 Å². The maximum absolute atomic E-state index is 5.62. The molecule has 4 N–H and O–H groups in total. The van der Waals surface area contributed by atoms with Crippen molar-refractivity contribution in [3.05, 3.63) is 12.0 Å². The van der Waals surface area contributed by atoms with E-state index in [1.54, 1.807) is 6.33 Å². The first-order chi connectivity index (χ1) is 5.27. The third kappa shape index (κ3) is 0.849. The molecule has 0 radical (unpaired) electrons. The summed E-state index contributed by atoms with van der Waals surface area (Å²) in [6.07, 6.45) is 1.61. The van der Waals surface area contributed by atoms with E-state index in [-0.39, 0.29) is 6.17 Å². The minimum Gasteiger partial charge on any atom is -0.382 e. The highest BCUT2D eigenvalue weighted by atomic mass is 15.2. The van der Waals surface area contributed by atoms with Gasteiger partial charge in [-0.25, -0.2) is 9.98 Å². The van der Waals surface area contributed by atoms with Crippen LogP contribution in [-0.2, 0) is 0 Å². The van der Waals surface area contributed by atoms with Crippen molar-refractivity contribution in [1.82, 2.24) is 9.97 Å². The summed E-state index contributed by atoms with van der Waals surface area (Å²) >= 11 is 0. The molecule has 0 fully saturated rings. The molecule has 1 atom stereocenters. The van der Waals surface area contributed by atoms with Crippen molar-refractivity contribution in [2.45, 2.75) is 13.1 Å². The fourth-order valence-electron chi connectivity index (χ4n) is 1.10. The Hall–Kier alpha value is -1.52. The molecule has 58 valence electrons. The van der Waals surface area contributed by atoms with E-state index in [0.29, 0.717) is 5.84 Å². The smallest absolute Gasteiger partial charge is 0.157 e. The minimum absolute atomic E-state index is 0.0193. The lowest BCUT2D eigenvalue weighted by molar-refractivity contribution is 0.832. The van der Waals surface area contributed by atoms with E-state index in [4.69, 9.17) is 5.73 Å². The summed E-state index contributed by atoms with van der Waals surface area (Å²) in [7, 11) is 0. The number of amidine groups is 1. The van der Waals surface area contributed by atoms with Gasteiger partial charge >= 0.3 is 0 Å². The van der Waals surface area contributed by atoms with Gasteiger partial charge in [0.25, 0.3) is 0 Å². The molecule has 0 bridgehead atoms. The summed E-state index contributed by atoms with van der Waals surface area (Å²) in [6, 6.07) is 0. The van der Waals surface area contributed by atoms with Crippen molar-refractivity contribution in [2.75, 3.05) is 5.32 Å². The molecule has 0 aromatic carbocycles. The van der Waals surface area contributed by atoms with Gasteiger partial charge in [0.15, 0.2) is 5.82 Å². The second kappa shape index (κ2) is 1.98. The summed E-state index contributed by atoms with van der Waals surface area (Å²) < 4.78 is 0. The van der Waals surface area contributed by atoms with Crippen molar-refractivity contribution in [2.24, 2.45) is 10.7 Å². The van der Waals surface area contributed by atoms with E-state index in [1.165, 1.54) is 0 Å². The number of anilines is 1. The first kappa shape index (κ1) is 6.21. The van der Waals surface area contributed by atoms with Crippen molar-refractivity contribution in [1.29, 1.82) is 0 Å². The van der Waals surface area contributed by atoms with Gasteiger partial charge < -0.3 is 16.0 Å². The van der Waals surface area contributed by atoms with Crippen molar-refractivity contribution in [3.63, 3.8) is 0 Å². The van der Waals surface area contributed by atoms with Crippen LogP contribution in [0.2, 0.25) is 0 Å². The quantitative estimate of drug-likeness (QED) is 0.484. The standard InChI is InChI=1S/C6H9N5/c1-3-10-5(7)4-6(11-3)9-2-8-4/h2-3,11H,1H3,(H2,7,10)(H,8,9). The van der Waals surface area contributed by atoms with E-state index in [9.17, 15) is 0 Å². The zero-order chi connectivity index (χ0) is 7.84. The van der Waals surface area contributed by atoms with E-state index >= 15 is 0 Å². The third-order valence-corrected chi connectivity index (χ3v) is 1.57. The molecule has 5 nitrogen and oxygen atoms in total. The van der Waals surface area contributed by atoms with Crippen LogP contribution in [0.15, 0.2) is 11.3 Å². The van der Waals surface area contributed by atoms with Gasteiger partial charge in [0.05, 0.1) is 6.33 Å². The monoisotopic (exact) mass is 151 g/mol. The largest absolute Gasteiger partial charge is 0.382 e. The Balaban J connectivity index is 2.50. The molecule has 11 heavy (non-hydrogen) atoms. The van der Waals surface area contributed by atoms with Crippen LogP contribution in [0, 0.1) is 0 Å². The zero-order valence-electron chi connectivity index (χ0n) is 6.13. The molecule has 1 aromatic heterocycles. The summed E-state index contributed by atoms with van der Waals surface area (Å²) in [6.45, 7) is 1.92. The fourth-order valence-corrected chi connectivity index (χ4v) is 1.10. The molecule has 1 aliphatic heterocycles. The van der Waals surface area contributed by atoms with Crippen LogP contribution in [0.1, 0.15) is 12.6 Å². The highest BCUT2D eigenvalue weighted by Gasteiger charge is 2.16. The number of aromatic amines is 1. The van der Waals surface area contributed by atoms with Gasteiger partial charge in [-0.15, -0.1) is 0 Å². The summed E-state index contributed by atoms with van der Waals surface area (Å²) in [5, 5.41) is 3.06. The summed E-state index contributed by atoms with van der Waals surface area (Å²) in [5.74, 6) is 1.30. The SMILES string of the molecule is CC1N=C(N)c2[nH]cnc2N1. The Morgan fingerprint density at radius 3 is 3.27 bits per heavy atom. The van der Waals surface area contributed by atoms with Crippen LogP contribution < -0.4 is 11.1 Å². The van der Waals surface area contributed by atoms with Crippen molar-refractivity contribution >= 4 is 11.7 Å². The number of nitrogens with two attached hydrogens (primary N) is 1. The number of hydrogen-bond donors (Lipinski definition) is 3. The zero-order valence-corrected chi connectivity index (χ0v) is 6.13. The predicted molar refractivity (Wildman–Crippen MR) is 42.4 cm³/mol. The number of nitrogens with zero attached hydrogens (tertiary/aromatic N) is 2. The van der Waals surface area contributed by atoms with Crippen LogP contribution >= 0.6 is 0 Å². The number of imidazole rings is 1. The van der Waals surface area contributed by atoms with Crippen LogP contribution in [0.4, 0.5) is 5.82 Å². The molecular weight excluding hydrogens is 142 g/mol. The Kier molecular flexibility index (Phi) is 1.12. The maximum atomic E-state index is 5.62. The number of fused-ring (bicyclic) bond motifs is 1. The van der Waals surface area contributed by atoms with Crippen LogP contribution in [0.3, 0.4) is 0 Å². The number of H-pyrrole nitrogens is 1. The van der Waals surface area contributed by atoms with Gasteiger partial charge in [-0.1, -0.05) is 0 Å². The number of nitrogens with one attached hydrogen (secondary N) is 2. The van der Waals surface area contributed by atoms with E-state index in [2.05, 4.69) is 20.3 Å². The van der Waals surface area contributed by atoms with Crippen molar-refractivity contribution in [3.8, 4) is 0 Å². The normalized spacial score (nSPS) is 21.9. The lowest BCUT2D eigenvalue weighted by Gasteiger charge is -2.15. The van der Waals surface area contributed by atoms with Gasteiger partial charge in [0.2, 0.25) is 0 Å².